The molecule has 0 aromatic heterocycles. The third kappa shape index (κ3) is 4.14. The summed E-state index contributed by atoms with van der Waals surface area (Å²) in [5, 5.41) is 14.0. The average Bonchev–Trinajstić information content (AvgIpc) is 2.79. The molecule has 0 aliphatic rings. The van der Waals surface area contributed by atoms with Crippen molar-refractivity contribution in [1.82, 2.24) is 0 Å². The third-order valence-corrected chi connectivity index (χ3v) is 8.77. The molecule has 1 N–H and O–H groups in total. The van der Waals surface area contributed by atoms with E-state index in [1.165, 1.54) is 14.0 Å². The summed E-state index contributed by atoms with van der Waals surface area (Å²) in [7, 11) is 1.19. The summed E-state index contributed by atoms with van der Waals surface area (Å²) in [6.07, 6.45) is 0. The summed E-state index contributed by atoms with van der Waals surface area (Å²) >= 11 is 0. The molecule has 0 saturated heterocycles. The standard InChI is InChI=1S/C25H23O4P/c1-19(26)24(25(28)29-2)23(27)18-30(20-12-6-3-7-13-20,21-14-8-4-9-15-21)22-16-10-5-11-17-22/h3-18,27H,1-2H3/b24-23-. The van der Waals surface area contributed by atoms with Gasteiger partial charge in [0, 0.05) is 0 Å². The maximum absolute atomic E-state index is 12.2. The van der Waals surface area contributed by atoms with E-state index in [-0.39, 0.29) is 11.3 Å². The molecule has 0 amide bonds. The maximum Gasteiger partial charge on any atom is 0.345 e. The molecule has 5 heteroatoms. The number of benzene rings is 3. The molecule has 0 spiro atoms. The highest BCUT2D eigenvalue weighted by Crippen LogP contribution is 2.44. The van der Waals surface area contributed by atoms with Crippen molar-refractivity contribution in [1.29, 1.82) is 0 Å². The van der Waals surface area contributed by atoms with Gasteiger partial charge in [-0.25, -0.2) is 4.79 Å². The first-order chi connectivity index (χ1) is 14.5. The predicted octanol–water partition coefficient (Wildman–Crippen LogP) is 3.36. The number of rotatable bonds is 6. The van der Waals surface area contributed by atoms with Crippen molar-refractivity contribution in [3.8, 4) is 0 Å². The molecule has 0 heterocycles. The highest BCUT2D eigenvalue weighted by Gasteiger charge is 2.28. The summed E-state index contributed by atoms with van der Waals surface area (Å²) in [5.41, 5.74) is -0.357. The lowest BCUT2D eigenvalue weighted by atomic mass is 10.1. The van der Waals surface area contributed by atoms with Gasteiger partial charge in [0.05, 0.1) is 7.11 Å². The van der Waals surface area contributed by atoms with Crippen LogP contribution in [-0.2, 0) is 14.3 Å². The molecule has 0 aliphatic heterocycles. The van der Waals surface area contributed by atoms with Crippen LogP contribution in [0, 0.1) is 0 Å². The van der Waals surface area contributed by atoms with Gasteiger partial charge in [-0.05, 0) is 35.5 Å². The highest BCUT2D eigenvalue weighted by atomic mass is 31.2. The first kappa shape index (κ1) is 21.4. The third-order valence-electron chi connectivity index (χ3n) is 4.80. The highest BCUT2D eigenvalue weighted by molar-refractivity contribution is 7.94. The number of Topliss-reactive ketones (excluding diaryl/α,β-unsaturated/α-hetero) is 1. The van der Waals surface area contributed by atoms with Gasteiger partial charge in [0.25, 0.3) is 0 Å². The van der Waals surface area contributed by atoms with Crippen LogP contribution >= 0.6 is 6.89 Å². The van der Waals surface area contributed by atoms with E-state index in [0.29, 0.717) is 0 Å². The summed E-state index contributed by atoms with van der Waals surface area (Å²) in [5.74, 6) is -0.119. The molecule has 0 fully saturated rings. The minimum atomic E-state index is -2.55. The van der Waals surface area contributed by atoms with Crippen molar-refractivity contribution in [3.63, 3.8) is 0 Å². The lowest BCUT2D eigenvalue weighted by Gasteiger charge is -2.28. The second-order valence-electron chi connectivity index (χ2n) is 6.67. The molecule has 0 saturated carbocycles. The molecule has 0 radical (unpaired) electrons. The predicted molar refractivity (Wildman–Crippen MR) is 124 cm³/mol. The van der Waals surface area contributed by atoms with Gasteiger partial charge in [-0.15, -0.1) is 0 Å². The van der Waals surface area contributed by atoms with Crippen LogP contribution in [0.1, 0.15) is 6.92 Å². The first-order valence-corrected chi connectivity index (χ1v) is 11.3. The summed E-state index contributed by atoms with van der Waals surface area (Å²) in [6, 6.07) is 29.5. The second kappa shape index (κ2) is 9.43. The van der Waals surface area contributed by atoms with Crippen molar-refractivity contribution >= 4 is 40.3 Å². The number of aliphatic hydroxyl groups excluding tert-OH is 1. The fourth-order valence-corrected chi connectivity index (χ4v) is 7.20. The smallest absolute Gasteiger partial charge is 0.345 e. The van der Waals surface area contributed by atoms with E-state index in [0.717, 1.165) is 15.9 Å². The minimum Gasteiger partial charge on any atom is -0.507 e. The summed E-state index contributed by atoms with van der Waals surface area (Å²) in [6.45, 7) is -1.31. The van der Waals surface area contributed by atoms with Gasteiger partial charge in [-0.1, -0.05) is 91.0 Å². The normalized spacial score (nSPS) is 11.9. The van der Waals surface area contributed by atoms with Crippen LogP contribution in [-0.4, -0.2) is 29.8 Å². The molecule has 3 aromatic carbocycles. The van der Waals surface area contributed by atoms with Crippen LogP contribution in [0.25, 0.3) is 0 Å². The number of esters is 1. The zero-order chi connectivity index (χ0) is 21.6. The van der Waals surface area contributed by atoms with E-state index in [9.17, 15) is 14.7 Å². The van der Waals surface area contributed by atoms with Crippen molar-refractivity contribution in [3.05, 3.63) is 102 Å². The molecule has 0 atom stereocenters. The van der Waals surface area contributed by atoms with Gasteiger partial charge in [0.1, 0.15) is 11.3 Å². The van der Waals surface area contributed by atoms with Crippen molar-refractivity contribution in [2.75, 3.05) is 7.11 Å². The Kier molecular flexibility index (Phi) is 6.71. The second-order valence-corrected chi connectivity index (χ2v) is 9.92. The fourth-order valence-electron chi connectivity index (χ4n) is 3.44. The van der Waals surface area contributed by atoms with Crippen LogP contribution in [0.4, 0.5) is 0 Å². The van der Waals surface area contributed by atoms with Gasteiger partial charge in [0.15, 0.2) is 5.78 Å². The van der Waals surface area contributed by atoms with Gasteiger partial charge in [0.2, 0.25) is 0 Å². The van der Waals surface area contributed by atoms with Crippen molar-refractivity contribution in [2.24, 2.45) is 0 Å². The van der Waals surface area contributed by atoms with Crippen molar-refractivity contribution < 1.29 is 19.4 Å². The van der Waals surface area contributed by atoms with Gasteiger partial charge >= 0.3 is 5.97 Å². The molecule has 0 unspecified atom stereocenters. The van der Waals surface area contributed by atoms with Crippen LogP contribution in [0.3, 0.4) is 0 Å². The maximum atomic E-state index is 12.2. The Labute approximate surface area is 176 Å². The van der Waals surface area contributed by atoms with E-state index in [1.54, 1.807) is 5.80 Å². The molecule has 0 aliphatic carbocycles. The quantitative estimate of drug-likeness (QED) is 0.167. The Bertz CT molecular complexity index is 1010. The molecule has 3 rings (SSSR count). The number of aliphatic hydroxyl groups is 1. The van der Waals surface area contributed by atoms with E-state index in [1.807, 2.05) is 91.0 Å². The zero-order valence-corrected chi connectivity index (χ0v) is 17.8. The summed E-state index contributed by atoms with van der Waals surface area (Å²) in [4.78, 5) is 24.4. The largest absolute Gasteiger partial charge is 0.507 e. The Morgan fingerprint density at radius 1 is 0.767 bits per heavy atom. The number of allylic oxidation sites excluding steroid dienone is 1. The van der Waals surface area contributed by atoms with Crippen LogP contribution in [0.2, 0.25) is 0 Å². The topological polar surface area (TPSA) is 63.6 Å². The number of carbonyl (C=O) groups excluding carboxylic acids is 2. The Hall–Kier alpha value is -3.36. The van der Waals surface area contributed by atoms with Gasteiger partial charge in [-0.3, -0.25) is 4.79 Å². The van der Waals surface area contributed by atoms with Crippen molar-refractivity contribution in [2.45, 2.75) is 6.92 Å². The van der Waals surface area contributed by atoms with E-state index < -0.39 is 18.6 Å². The van der Waals surface area contributed by atoms with E-state index in [2.05, 4.69) is 0 Å². The number of carbonyl (C=O) groups is 2. The van der Waals surface area contributed by atoms with Crippen LogP contribution in [0.15, 0.2) is 102 Å². The molecule has 0 bridgehead atoms. The zero-order valence-electron chi connectivity index (χ0n) is 16.9. The SMILES string of the molecule is COC(=O)/C(C(C)=O)=C(\O)C=P(c1ccccc1)(c1ccccc1)c1ccccc1. The molecule has 30 heavy (non-hydrogen) atoms. The van der Waals surface area contributed by atoms with E-state index in [4.69, 9.17) is 4.74 Å². The Morgan fingerprint density at radius 3 is 1.43 bits per heavy atom. The minimum absolute atomic E-state index is 0.357. The molecular formula is C25H23O4P. The molecule has 152 valence electrons. The molecular weight excluding hydrogens is 395 g/mol. The number of ether oxygens (including phenoxy) is 1. The van der Waals surface area contributed by atoms with Gasteiger partial charge < -0.3 is 9.84 Å². The first-order valence-electron chi connectivity index (χ1n) is 9.44. The van der Waals surface area contributed by atoms with E-state index >= 15 is 0 Å². The number of hydrogen-bond donors (Lipinski definition) is 1. The molecule has 3 aromatic rings. The van der Waals surface area contributed by atoms with Crippen LogP contribution < -0.4 is 15.9 Å². The number of ketones is 1. The van der Waals surface area contributed by atoms with Gasteiger partial charge in [-0.2, -0.15) is 0 Å². The molecule has 4 nitrogen and oxygen atoms in total. The number of hydrogen-bond acceptors (Lipinski definition) is 4. The summed E-state index contributed by atoms with van der Waals surface area (Å²) < 4.78 is 4.74. The van der Waals surface area contributed by atoms with Crippen LogP contribution in [0.5, 0.6) is 0 Å². The average molecular weight is 418 g/mol. The monoisotopic (exact) mass is 418 g/mol. The lowest BCUT2D eigenvalue weighted by molar-refractivity contribution is -0.137. The lowest BCUT2D eigenvalue weighted by Crippen LogP contribution is -2.28. The number of methoxy groups -OCH3 is 1. The Morgan fingerprint density at radius 2 is 1.13 bits per heavy atom. The Balaban J connectivity index is 2.51. The fraction of sp³-hybridized carbons (Fsp3) is 0.0800.